The van der Waals surface area contributed by atoms with Crippen molar-refractivity contribution in [2.24, 2.45) is 11.3 Å². The number of aldehydes is 1. The predicted molar refractivity (Wildman–Crippen MR) is 134 cm³/mol. The van der Waals surface area contributed by atoms with E-state index in [9.17, 15) is 4.79 Å². The highest BCUT2D eigenvalue weighted by Crippen LogP contribution is 2.45. The summed E-state index contributed by atoms with van der Waals surface area (Å²) in [5.41, 5.74) is 2.57. The third-order valence-electron chi connectivity index (χ3n) is 5.75. The van der Waals surface area contributed by atoms with Gasteiger partial charge in [-0.05, 0) is 41.2 Å². The van der Waals surface area contributed by atoms with E-state index in [2.05, 4.69) is 60.1 Å². The minimum Gasteiger partial charge on any atom is -0.496 e. The Morgan fingerprint density at radius 2 is 1.97 bits per heavy atom. The van der Waals surface area contributed by atoms with Crippen molar-refractivity contribution in [3.63, 3.8) is 0 Å². The van der Waals surface area contributed by atoms with E-state index in [4.69, 9.17) is 25.8 Å². The Morgan fingerprint density at radius 1 is 1.16 bits per heavy atom. The van der Waals surface area contributed by atoms with Gasteiger partial charge >= 0.3 is 0 Å². The molecule has 0 bridgehead atoms. The number of hydrogen-bond donors (Lipinski definition) is 0. The number of rotatable bonds is 10. The van der Waals surface area contributed by atoms with Gasteiger partial charge in [0.2, 0.25) is 0 Å². The summed E-state index contributed by atoms with van der Waals surface area (Å²) in [6.07, 6.45) is 8.07. The molecule has 3 rings (SSSR count). The molecule has 0 fully saturated rings. The molecule has 1 atom stereocenters. The summed E-state index contributed by atoms with van der Waals surface area (Å²) in [7, 11) is 1.52. The van der Waals surface area contributed by atoms with Crippen LogP contribution in [0.1, 0.15) is 36.2 Å². The minimum atomic E-state index is -0.178. The van der Waals surface area contributed by atoms with Gasteiger partial charge in [-0.1, -0.05) is 71.7 Å². The third kappa shape index (κ3) is 5.57. The summed E-state index contributed by atoms with van der Waals surface area (Å²) >= 11 is 9.77. The first-order chi connectivity index (χ1) is 15.4. The predicted octanol–water partition coefficient (Wildman–Crippen LogP) is 7.00. The quantitative estimate of drug-likeness (QED) is 0.193. The van der Waals surface area contributed by atoms with E-state index in [-0.39, 0.29) is 11.3 Å². The molecule has 170 valence electrons. The molecule has 1 aliphatic rings. The van der Waals surface area contributed by atoms with Gasteiger partial charge in [0.25, 0.3) is 0 Å². The lowest BCUT2D eigenvalue weighted by atomic mass is 9.68. The smallest absolute Gasteiger partial charge is 0.153 e. The Hall–Kier alpha value is -2.24. The van der Waals surface area contributed by atoms with Crippen molar-refractivity contribution in [2.75, 3.05) is 25.7 Å². The van der Waals surface area contributed by atoms with Gasteiger partial charge in [0.15, 0.2) is 6.29 Å². The summed E-state index contributed by atoms with van der Waals surface area (Å²) < 4.78 is 17.3. The summed E-state index contributed by atoms with van der Waals surface area (Å²) in [6, 6.07) is 11.5. The molecule has 0 aliphatic heterocycles. The van der Waals surface area contributed by atoms with Crippen molar-refractivity contribution < 1.29 is 19.0 Å². The molecule has 4 nitrogen and oxygen atoms in total. The van der Waals surface area contributed by atoms with Crippen LogP contribution in [-0.2, 0) is 0 Å². The normalized spacial score (nSPS) is 16.9. The summed E-state index contributed by atoms with van der Waals surface area (Å²) in [5.74, 6) is 1.93. The SMILES string of the molecule is COc1cc(OCC2C=CC=C(c3cccc(OCCCBr)c3)C2(C)C)c(Cl)cc1C=O. The third-order valence-corrected chi connectivity index (χ3v) is 6.60. The average molecular weight is 520 g/mol. The first-order valence-corrected chi connectivity index (χ1v) is 12.0. The largest absolute Gasteiger partial charge is 0.496 e. The topological polar surface area (TPSA) is 44.8 Å². The highest BCUT2D eigenvalue weighted by molar-refractivity contribution is 9.09. The summed E-state index contributed by atoms with van der Waals surface area (Å²) in [6.45, 7) is 5.55. The number of benzene rings is 2. The molecule has 32 heavy (non-hydrogen) atoms. The number of allylic oxidation sites excluding steroid dienone is 3. The van der Waals surface area contributed by atoms with Crippen LogP contribution in [0.25, 0.3) is 5.57 Å². The molecular weight excluding hydrogens is 492 g/mol. The second kappa shape index (κ2) is 11.1. The van der Waals surface area contributed by atoms with E-state index in [0.717, 1.165) is 29.4 Å². The average Bonchev–Trinajstić information content (AvgIpc) is 2.78. The summed E-state index contributed by atoms with van der Waals surface area (Å²) in [4.78, 5) is 11.2. The fourth-order valence-electron chi connectivity index (χ4n) is 3.78. The fraction of sp³-hybridized carbons (Fsp3) is 0.346. The lowest BCUT2D eigenvalue weighted by Gasteiger charge is -2.37. The van der Waals surface area contributed by atoms with E-state index in [0.29, 0.717) is 35.3 Å². The zero-order chi connectivity index (χ0) is 23.1. The Bertz CT molecular complexity index is 1010. The second-order valence-corrected chi connectivity index (χ2v) is 9.37. The standard InChI is InChI=1S/C26H28BrClO4/c1-26(2)20(17-32-25-15-24(30-3)19(16-29)14-23(25)28)8-5-10-22(26)18-7-4-9-21(13-18)31-12-6-11-27/h4-5,7-10,13-16,20H,6,11-12,17H2,1-3H3. The van der Waals surface area contributed by atoms with Crippen molar-refractivity contribution in [1.29, 1.82) is 0 Å². The maximum atomic E-state index is 11.2. The van der Waals surface area contributed by atoms with E-state index in [1.165, 1.54) is 12.7 Å². The molecule has 1 unspecified atom stereocenters. The van der Waals surface area contributed by atoms with Crippen LogP contribution in [0.3, 0.4) is 0 Å². The Balaban J connectivity index is 1.76. The van der Waals surface area contributed by atoms with Crippen LogP contribution in [0.5, 0.6) is 17.2 Å². The maximum Gasteiger partial charge on any atom is 0.153 e. The molecule has 6 heteroatoms. The zero-order valence-corrected chi connectivity index (χ0v) is 20.9. The van der Waals surface area contributed by atoms with Crippen LogP contribution in [0.15, 0.2) is 54.6 Å². The number of ether oxygens (including phenoxy) is 3. The number of carbonyl (C=O) groups is 1. The Morgan fingerprint density at radius 3 is 2.69 bits per heavy atom. The number of carbonyl (C=O) groups excluding carboxylic acids is 1. The molecule has 0 radical (unpaired) electrons. The lowest BCUT2D eigenvalue weighted by molar-refractivity contribution is 0.112. The molecule has 0 spiro atoms. The van der Waals surface area contributed by atoms with E-state index in [1.807, 2.05) is 12.1 Å². The molecule has 2 aromatic rings. The number of alkyl halides is 1. The lowest BCUT2D eigenvalue weighted by Crippen LogP contribution is -2.30. The minimum absolute atomic E-state index is 0.119. The van der Waals surface area contributed by atoms with Crippen LogP contribution in [0, 0.1) is 11.3 Å². The van der Waals surface area contributed by atoms with Crippen molar-refractivity contribution in [2.45, 2.75) is 20.3 Å². The van der Waals surface area contributed by atoms with Crippen molar-refractivity contribution in [3.05, 3.63) is 70.8 Å². The Kier molecular flexibility index (Phi) is 8.44. The van der Waals surface area contributed by atoms with Crippen LogP contribution in [0.4, 0.5) is 0 Å². The van der Waals surface area contributed by atoms with Gasteiger partial charge in [0.1, 0.15) is 17.2 Å². The van der Waals surface area contributed by atoms with Gasteiger partial charge in [-0.15, -0.1) is 0 Å². The van der Waals surface area contributed by atoms with Crippen molar-refractivity contribution >= 4 is 39.4 Å². The van der Waals surface area contributed by atoms with Crippen LogP contribution >= 0.6 is 27.5 Å². The van der Waals surface area contributed by atoms with Crippen molar-refractivity contribution in [1.82, 2.24) is 0 Å². The number of hydrogen-bond acceptors (Lipinski definition) is 4. The first-order valence-electron chi connectivity index (χ1n) is 10.5. The van der Waals surface area contributed by atoms with E-state index >= 15 is 0 Å². The van der Waals surface area contributed by atoms with Gasteiger partial charge in [-0.3, -0.25) is 4.79 Å². The molecule has 0 saturated heterocycles. The monoisotopic (exact) mass is 518 g/mol. The zero-order valence-electron chi connectivity index (χ0n) is 18.6. The second-order valence-electron chi connectivity index (χ2n) is 8.17. The molecular formula is C26H28BrClO4. The van der Waals surface area contributed by atoms with Crippen LogP contribution in [-0.4, -0.2) is 31.9 Å². The van der Waals surface area contributed by atoms with Crippen molar-refractivity contribution in [3.8, 4) is 17.2 Å². The summed E-state index contributed by atoms with van der Waals surface area (Å²) in [5, 5.41) is 1.31. The van der Waals surface area contributed by atoms with Crippen LogP contribution in [0.2, 0.25) is 5.02 Å². The van der Waals surface area contributed by atoms with Crippen LogP contribution < -0.4 is 14.2 Å². The molecule has 0 heterocycles. The molecule has 0 saturated carbocycles. The fourth-order valence-corrected chi connectivity index (χ4v) is 4.24. The van der Waals surface area contributed by atoms with Gasteiger partial charge in [0.05, 0.1) is 30.9 Å². The van der Waals surface area contributed by atoms with Gasteiger partial charge < -0.3 is 14.2 Å². The highest BCUT2D eigenvalue weighted by atomic mass is 79.9. The Labute approximate surface area is 203 Å². The molecule has 0 N–H and O–H groups in total. The van der Waals surface area contributed by atoms with Gasteiger partial charge in [-0.25, -0.2) is 0 Å². The molecule has 0 aromatic heterocycles. The van der Waals surface area contributed by atoms with Gasteiger partial charge in [-0.2, -0.15) is 0 Å². The molecule has 0 amide bonds. The molecule has 1 aliphatic carbocycles. The highest BCUT2D eigenvalue weighted by Gasteiger charge is 2.34. The van der Waals surface area contributed by atoms with Gasteiger partial charge in [0, 0.05) is 17.3 Å². The van der Waals surface area contributed by atoms with E-state index < -0.39 is 0 Å². The maximum absolute atomic E-state index is 11.2. The van der Waals surface area contributed by atoms with E-state index in [1.54, 1.807) is 12.1 Å². The first kappa shape index (κ1) is 24.4. The number of halogens is 2. The number of methoxy groups -OCH3 is 1. The molecule has 2 aromatic carbocycles.